The van der Waals surface area contributed by atoms with Crippen molar-refractivity contribution in [1.29, 1.82) is 0 Å². The summed E-state index contributed by atoms with van der Waals surface area (Å²) < 4.78 is 2.13. The molecule has 2 aromatic heterocycles. The number of fused-ring (bicyclic) bond motifs is 2. The van der Waals surface area contributed by atoms with Gasteiger partial charge in [-0.25, -0.2) is 9.78 Å². The molecular weight excluding hydrogens is 723 g/mol. The highest BCUT2D eigenvalue weighted by atomic mass is 32.2. The Kier molecular flexibility index (Phi) is 9.97. The standard InChI is InChI=1S/C32H33N7O11S2/c1-37-10-20(40)26(43)17-8-15(4-5-19(17)37)11-39(6-2-3-7-39)12-16-13-51-29-24(28(45)38(29)25(16)31(48)49)35-27(44)23(18-14-52-32(33)34-18)36-50-21(30(46)47)9-22(41)42/h4-5,8,10,14,21,24,29H,2-3,6-7,9,11-13H2,1H3,(H6-,33,34,35,40,41,42,44,46,47,48,49)/t21-,24+,29+/m0/s1. The van der Waals surface area contributed by atoms with Crippen molar-refractivity contribution in [3.05, 3.63) is 62.5 Å². The topological polar surface area (TPSA) is 267 Å². The third-order valence-electron chi connectivity index (χ3n) is 9.21. The summed E-state index contributed by atoms with van der Waals surface area (Å²) in [6, 6.07) is 4.25. The van der Waals surface area contributed by atoms with Crippen molar-refractivity contribution < 1.29 is 53.7 Å². The number of oxime groups is 1. The van der Waals surface area contributed by atoms with Crippen molar-refractivity contribution in [2.24, 2.45) is 12.2 Å². The molecule has 0 unspecified atom stereocenters. The van der Waals surface area contributed by atoms with Gasteiger partial charge in [-0.15, -0.1) is 23.1 Å². The fourth-order valence-electron chi connectivity index (χ4n) is 6.84. The molecule has 3 aromatic rings. The molecule has 0 spiro atoms. The average molecular weight is 756 g/mol. The fourth-order valence-corrected chi connectivity index (χ4v) is 8.72. The number of carboxylic acid groups (broad SMARTS) is 3. The third kappa shape index (κ3) is 7.03. The van der Waals surface area contributed by atoms with Gasteiger partial charge in [0.1, 0.15) is 30.2 Å². The van der Waals surface area contributed by atoms with Crippen LogP contribution < -0.4 is 21.6 Å². The number of pyridine rings is 1. The number of hydrogen-bond acceptors (Lipinski definition) is 14. The Bertz CT molecular complexity index is 2120. The molecular formula is C32H33N7O11S2. The SMILES string of the molecule is Cn1cc(O)c(=O)c2cc(C[N+]3(CC4=C(C(=O)[O-])N5C(=O)[C@@H](NC(=O)C(=NO[C@@H](CC(=O)O)C(=O)O)c6csc(N)n6)[C@H]5SC4)CCCC3)ccc21. The van der Waals surface area contributed by atoms with Gasteiger partial charge in [-0.3, -0.25) is 24.1 Å². The van der Waals surface area contributed by atoms with Crippen molar-refractivity contribution in [2.45, 2.75) is 43.3 Å². The number of aryl methyl sites for hydroxylation is 1. The molecule has 1 aromatic carbocycles. The minimum absolute atomic E-state index is 0.0309. The third-order valence-corrected chi connectivity index (χ3v) is 11.2. The zero-order valence-electron chi connectivity index (χ0n) is 27.5. The highest BCUT2D eigenvalue weighted by Gasteiger charge is 2.54. The summed E-state index contributed by atoms with van der Waals surface area (Å²) >= 11 is 2.18. The van der Waals surface area contributed by atoms with Crippen LogP contribution in [0, 0.1) is 0 Å². The molecule has 20 heteroatoms. The lowest BCUT2D eigenvalue weighted by molar-refractivity contribution is -0.925. The second kappa shape index (κ2) is 14.3. The molecule has 2 saturated heterocycles. The summed E-state index contributed by atoms with van der Waals surface area (Å²) in [6.07, 6.45) is 0.225. The smallest absolute Gasteiger partial charge is 0.348 e. The zero-order chi connectivity index (χ0) is 37.5. The van der Waals surface area contributed by atoms with Gasteiger partial charge in [0.05, 0.1) is 48.3 Å². The largest absolute Gasteiger partial charge is 0.543 e. The number of anilines is 1. The van der Waals surface area contributed by atoms with Crippen molar-refractivity contribution in [1.82, 2.24) is 19.8 Å². The number of carbonyl (C=O) groups is 5. The van der Waals surface area contributed by atoms with E-state index in [2.05, 4.69) is 15.5 Å². The molecule has 18 nitrogen and oxygen atoms in total. The van der Waals surface area contributed by atoms with Gasteiger partial charge in [-0.2, -0.15) is 0 Å². The maximum Gasteiger partial charge on any atom is 0.348 e. The summed E-state index contributed by atoms with van der Waals surface area (Å²) in [6.45, 7) is 2.21. The van der Waals surface area contributed by atoms with Crippen LogP contribution >= 0.6 is 23.1 Å². The number of thiazole rings is 1. The number of β-lactam (4-membered cyclic amide) rings is 1. The quantitative estimate of drug-likeness (QED) is 0.0616. The van der Waals surface area contributed by atoms with Crippen molar-refractivity contribution in [2.75, 3.05) is 31.1 Å². The summed E-state index contributed by atoms with van der Waals surface area (Å²) in [5.74, 6) is -6.59. The molecule has 2 fully saturated rings. The second-order valence-electron chi connectivity index (χ2n) is 12.8. The maximum atomic E-state index is 13.5. The summed E-state index contributed by atoms with van der Waals surface area (Å²) in [4.78, 5) is 84.8. The molecule has 0 saturated carbocycles. The lowest BCUT2D eigenvalue weighted by atomic mass is 10.0. The van der Waals surface area contributed by atoms with Crippen molar-refractivity contribution >= 4 is 74.6 Å². The van der Waals surface area contributed by atoms with Crippen LogP contribution in [0.1, 0.15) is 30.5 Å². The number of rotatable bonds is 13. The second-order valence-corrected chi connectivity index (χ2v) is 14.8. The first-order valence-electron chi connectivity index (χ1n) is 15.9. The number of carboxylic acids is 3. The normalized spacial score (nSPS) is 20.3. The molecule has 274 valence electrons. The van der Waals surface area contributed by atoms with E-state index in [4.69, 9.17) is 15.7 Å². The van der Waals surface area contributed by atoms with Gasteiger partial charge in [-0.1, -0.05) is 11.2 Å². The number of thioether (sulfide) groups is 1. The molecule has 6 N–H and O–H groups in total. The Morgan fingerprint density at radius 2 is 1.92 bits per heavy atom. The molecule has 3 aliphatic heterocycles. The molecule has 3 aliphatic rings. The van der Waals surface area contributed by atoms with E-state index in [0.29, 0.717) is 34.0 Å². The Balaban J connectivity index is 1.23. The van der Waals surface area contributed by atoms with Gasteiger partial charge in [0.15, 0.2) is 16.6 Å². The van der Waals surface area contributed by atoms with Crippen LogP contribution in [0.5, 0.6) is 5.75 Å². The molecule has 0 bridgehead atoms. The molecule has 2 amide bonds. The molecule has 3 atom stereocenters. The van der Waals surface area contributed by atoms with Crippen LogP contribution in [-0.4, -0.2) is 113 Å². The van der Waals surface area contributed by atoms with Crippen LogP contribution in [0.2, 0.25) is 0 Å². The van der Waals surface area contributed by atoms with Crippen molar-refractivity contribution in [3.63, 3.8) is 0 Å². The number of aromatic nitrogens is 2. The van der Waals surface area contributed by atoms with E-state index < -0.39 is 64.8 Å². The first kappa shape index (κ1) is 36.3. The Morgan fingerprint density at radius 1 is 1.19 bits per heavy atom. The van der Waals surface area contributed by atoms with Crippen molar-refractivity contribution in [3.8, 4) is 5.75 Å². The lowest BCUT2D eigenvalue weighted by Crippen LogP contribution is -2.71. The first-order chi connectivity index (χ1) is 24.7. The van der Waals surface area contributed by atoms with Crippen LogP contribution in [0.3, 0.4) is 0 Å². The fraction of sp³-hybridized carbons (Fsp3) is 0.375. The minimum atomic E-state index is -1.94. The van der Waals surface area contributed by atoms with Crippen LogP contribution in [0.25, 0.3) is 10.9 Å². The average Bonchev–Trinajstić information content (AvgIpc) is 3.73. The van der Waals surface area contributed by atoms with Crippen LogP contribution in [-0.2, 0) is 42.4 Å². The monoisotopic (exact) mass is 755 g/mol. The highest BCUT2D eigenvalue weighted by Crippen LogP contribution is 2.41. The first-order valence-corrected chi connectivity index (χ1v) is 17.9. The van der Waals surface area contributed by atoms with Gasteiger partial charge >= 0.3 is 11.9 Å². The number of aliphatic carboxylic acids is 3. The van der Waals surface area contributed by atoms with E-state index in [1.165, 1.54) is 23.3 Å². The van der Waals surface area contributed by atoms with Gasteiger partial charge in [0.25, 0.3) is 11.8 Å². The number of hydrogen-bond donors (Lipinski definition) is 5. The predicted molar refractivity (Wildman–Crippen MR) is 184 cm³/mol. The van der Waals surface area contributed by atoms with Gasteiger partial charge < -0.3 is 50.2 Å². The number of quaternary nitrogens is 1. The van der Waals surface area contributed by atoms with Gasteiger partial charge in [0.2, 0.25) is 11.5 Å². The van der Waals surface area contributed by atoms with Gasteiger partial charge in [0, 0.05) is 42.2 Å². The molecule has 52 heavy (non-hydrogen) atoms. The number of nitrogens with zero attached hydrogens (tertiary/aromatic N) is 5. The predicted octanol–water partition coefficient (Wildman–Crippen LogP) is -0.854. The number of nitrogen functional groups attached to an aromatic ring is 1. The Hall–Kier alpha value is -5.47. The highest BCUT2D eigenvalue weighted by molar-refractivity contribution is 8.00. The van der Waals surface area contributed by atoms with E-state index in [1.54, 1.807) is 17.7 Å². The number of aromatic hydroxyl groups is 1. The van der Waals surface area contributed by atoms with Gasteiger partial charge in [-0.05, 0) is 12.1 Å². The summed E-state index contributed by atoms with van der Waals surface area (Å²) in [5.41, 5.74) is 6.21. The maximum absolute atomic E-state index is 13.5. The van der Waals surface area contributed by atoms with E-state index in [9.17, 15) is 44.1 Å². The molecule has 0 aliphatic carbocycles. The van der Waals surface area contributed by atoms with Crippen LogP contribution in [0.4, 0.5) is 5.13 Å². The Labute approximate surface area is 302 Å². The summed E-state index contributed by atoms with van der Waals surface area (Å²) in [7, 11) is 1.73. The van der Waals surface area contributed by atoms with E-state index >= 15 is 0 Å². The van der Waals surface area contributed by atoms with E-state index in [1.807, 2.05) is 12.1 Å². The van der Waals surface area contributed by atoms with E-state index in [0.717, 1.165) is 47.7 Å². The molecule has 5 heterocycles. The zero-order valence-corrected chi connectivity index (χ0v) is 29.1. The lowest BCUT2D eigenvalue weighted by Gasteiger charge is -2.51. The van der Waals surface area contributed by atoms with Crippen LogP contribution in [0.15, 0.2) is 51.0 Å². The number of likely N-dealkylation sites (tertiary alicyclic amines) is 1. The number of benzene rings is 1. The minimum Gasteiger partial charge on any atom is -0.543 e. The number of carbonyl (C=O) groups excluding carboxylic acids is 3. The number of nitrogens with one attached hydrogen (secondary N) is 1. The number of amides is 2. The Morgan fingerprint density at radius 3 is 2.56 bits per heavy atom. The molecule has 0 radical (unpaired) electrons. The van der Waals surface area contributed by atoms with E-state index in [-0.39, 0.29) is 28.0 Å². The summed E-state index contributed by atoms with van der Waals surface area (Å²) in [5, 5.41) is 48.0. The number of nitrogens with two attached hydrogens (primary N) is 1. The molecule has 6 rings (SSSR count).